The molecular formula is C31H43NO10. The highest BCUT2D eigenvalue weighted by atomic mass is 16.7. The minimum absolute atomic E-state index is 0.192. The number of benzene rings is 1. The zero-order valence-corrected chi connectivity index (χ0v) is 24.8. The lowest BCUT2D eigenvalue weighted by Gasteiger charge is -2.74. The van der Waals surface area contributed by atoms with Gasteiger partial charge in [-0.25, -0.2) is 4.79 Å². The maximum atomic E-state index is 12.2. The molecule has 4 bridgehead atoms. The molecule has 0 amide bonds. The Morgan fingerprint density at radius 3 is 2.48 bits per heavy atom. The highest BCUT2D eigenvalue weighted by molar-refractivity contribution is 5.73. The topological polar surface area (TPSA) is 167 Å². The number of hydrogen-bond donors (Lipinski definition) is 6. The van der Waals surface area contributed by atoms with Gasteiger partial charge in [0.2, 0.25) is 6.29 Å². The van der Waals surface area contributed by atoms with Crippen molar-refractivity contribution in [2.45, 2.75) is 119 Å². The Bertz CT molecular complexity index is 1310. The first-order valence-corrected chi connectivity index (χ1v) is 15.1. The summed E-state index contributed by atoms with van der Waals surface area (Å²) >= 11 is 0. The number of piperidine rings is 1. The van der Waals surface area contributed by atoms with Crippen LogP contribution in [0.5, 0.6) is 11.5 Å². The first-order chi connectivity index (χ1) is 19.7. The Balaban J connectivity index is 1.36. The standard InChI is InChI=1S/C31H43NO10/c1-27(2,3)28(4,38)16-13-29-8-9-31(16,39-5)26-30(29)10-11-32-17(29)12-14-6-7-15(22(42-26)18(14)30)40-25-21(35)19(33)20(34)23(41-25)24(36)37/h6-7,16-17,19-21,23,25-26,32-35,38H,8-13H2,1-5H3,(H,36,37)/t16-,17-,19+,20+,21-,23+,25-,26-,28-,29-,30+,31-/m1/s1. The Morgan fingerprint density at radius 2 is 1.81 bits per heavy atom. The molecule has 8 rings (SSSR count). The van der Waals surface area contributed by atoms with E-state index in [1.807, 2.05) is 13.0 Å². The number of methoxy groups -OCH3 is 1. The van der Waals surface area contributed by atoms with Gasteiger partial charge in [-0.05, 0) is 62.6 Å². The van der Waals surface area contributed by atoms with Crippen LogP contribution in [-0.2, 0) is 26.1 Å². The van der Waals surface area contributed by atoms with Crippen molar-refractivity contribution in [2.24, 2.45) is 16.7 Å². The first-order valence-electron chi connectivity index (χ1n) is 15.1. The van der Waals surface area contributed by atoms with Crippen LogP contribution in [0.1, 0.15) is 64.5 Å². The van der Waals surface area contributed by atoms with E-state index < -0.39 is 64.8 Å². The number of nitrogens with one attached hydrogen (secondary N) is 1. The molecule has 4 aliphatic carbocycles. The fourth-order valence-corrected chi connectivity index (χ4v) is 9.88. The van der Waals surface area contributed by atoms with Gasteiger partial charge in [-0.3, -0.25) is 0 Å². The summed E-state index contributed by atoms with van der Waals surface area (Å²) in [5.74, 6) is -0.895. The normalized spacial score (nSPS) is 46.4. The third-order valence-electron chi connectivity index (χ3n) is 12.4. The summed E-state index contributed by atoms with van der Waals surface area (Å²) < 4.78 is 25.1. The van der Waals surface area contributed by atoms with Gasteiger partial charge >= 0.3 is 5.97 Å². The highest BCUT2D eigenvalue weighted by Gasteiger charge is 2.81. The number of fused-ring (bicyclic) bond motifs is 2. The van der Waals surface area contributed by atoms with Gasteiger partial charge in [0.25, 0.3) is 0 Å². The Kier molecular flexibility index (Phi) is 6.03. The third-order valence-corrected chi connectivity index (χ3v) is 12.4. The van der Waals surface area contributed by atoms with Crippen molar-refractivity contribution in [3.63, 3.8) is 0 Å². The summed E-state index contributed by atoms with van der Waals surface area (Å²) in [5.41, 5.74) is -0.637. The fourth-order valence-electron chi connectivity index (χ4n) is 9.88. The van der Waals surface area contributed by atoms with E-state index in [1.54, 1.807) is 13.2 Å². The van der Waals surface area contributed by atoms with Crippen LogP contribution in [-0.4, -0.2) is 99.2 Å². The Hall–Kier alpha value is -1.99. The number of carbonyl (C=O) groups is 1. The lowest BCUT2D eigenvalue weighted by atomic mass is 9.33. The second-order valence-electron chi connectivity index (χ2n) is 14.7. The van der Waals surface area contributed by atoms with E-state index >= 15 is 0 Å². The summed E-state index contributed by atoms with van der Waals surface area (Å²) in [6.07, 6.45) is -4.97. The zero-order chi connectivity index (χ0) is 30.2. The van der Waals surface area contributed by atoms with Crippen molar-refractivity contribution in [3.8, 4) is 11.5 Å². The van der Waals surface area contributed by atoms with Crippen LogP contribution >= 0.6 is 0 Å². The van der Waals surface area contributed by atoms with Crippen LogP contribution in [0.3, 0.4) is 0 Å². The van der Waals surface area contributed by atoms with E-state index in [9.17, 15) is 30.3 Å². The molecule has 0 radical (unpaired) electrons. The molecule has 6 N–H and O–H groups in total. The molecule has 11 nitrogen and oxygen atoms in total. The maximum Gasteiger partial charge on any atom is 0.335 e. The number of carboxylic acids is 1. The lowest BCUT2D eigenvalue weighted by molar-refractivity contribution is -0.303. The number of ether oxygens (including phenoxy) is 4. The van der Waals surface area contributed by atoms with Crippen LogP contribution < -0.4 is 14.8 Å². The molecule has 2 spiro atoms. The van der Waals surface area contributed by atoms with Crippen molar-refractivity contribution in [1.82, 2.24) is 5.32 Å². The fraction of sp³-hybridized carbons (Fsp3) is 0.774. The lowest BCUT2D eigenvalue weighted by Crippen LogP contribution is -2.83. The average molecular weight is 590 g/mol. The third kappa shape index (κ3) is 3.23. The van der Waals surface area contributed by atoms with E-state index in [-0.39, 0.29) is 23.1 Å². The molecule has 5 fully saturated rings. The van der Waals surface area contributed by atoms with Crippen LogP contribution in [0.4, 0.5) is 0 Å². The second kappa shape index (κ2) is 8.80. The van der Waals surface area contributed by atoms with Crippen molar-refractivity contribution in [1.29, 1.82) is 0 Å². The Labute approximate surface area is 245 Å². The molecule has 42 heavy (non-hydrogen) atoms. The number of carboxylic acid groups (broad SMARTS) is 1. The number of aliphatic hydroxyl groups is 4. The number of hydrogen-bond acceptors (Lipinski definition) is 10. The van der Waals surface area contributed by atoms with E-state index in [1.165, 1.54) is 0 Å². The van der Waals surface area contributed by atoms with E-state index in [4.69, 9.17) is 18.9 Å². The molecule has 3 heterocycles. The van der Waals surface area contributed by atoms with Gasteiger partial charge in [0.15, 0.2) is 17.6 Å². The zero-order valence-electron chi connectivity index (χ0n) is 24.8. The molecule has 2 saturated heterocycles. The molecule has 1 aromatic rings. The smallest absolute Gasteiger partial charge is 0.335 e. The summed E-state index contributed by atoms with van der Waals surface area (Å²) in [6, 6.07) is 3.94. The van der Waals surface area contributed by atoms with E-state index in [0.717, 1.165) is 49.8 Å². The van der Waals surface area contributed by atoms with Gasteiger partial charge in [0.05, 0.1) is 5.60 Å². The first kappa shape index (κ1) is 28.8. The summed E-state index contributed by atoms with van der Waals surface area (Å²) in [7, 11) is 1.72. The highest BCUT2D eigenvalue weighted by Crippen LogP contribution is 2.77. The van der Waals surface area contributed by atoms with Gasteiger partial charge in [-0.1, -0.05) is 26.8 Å². The van der Waals surface area contributed by atoms with E-state index in [0.29, 0.717) is 5.75 Å². The molecule has 3 aliphatic heterocycles. The van der Waals surface area contributed by atoms with E-state index in [2.05, 4.69) is 26.1 Å². The number of rotatable bonds is 5. The number of aliphatic hydroxyl groups excluding tert-OH is 3. The minimum atomic E-state index is -1.81. The molecular weight excluding hydrogens is 546 g/mol. The van der Waals surface area contributed by atoms with Crippen LogP contribution in [0.2, 0.25) is 0 Å². The number of aliphatic carboxylic acids is 1. The monoisotopic (exact) mass is 589 g/mol. The van der Waals surface area contributed by atoms with Crippen LogP contribution in [0.25, 0.3) is 0 Å². The molecule has 1 aromatic carbocycles. The quantitative estimate of drug-likeness (QED) is 0.288. The molecule has 0 unspecified atom stereocenters. The molecule has 12 atom stereocenters. The van der Waals surface area contributed by atoms with Gasteiger partial charge < -0.3 is 49.8 Å². The van der Waals surface area contributed by atoms with Gasteiger partial charge in [0, 0.05) is 35.5 Å². The molecule has 0 aromatic heterocycles. The van der Waals surface area contributed by atoms with Crippen molar-refractivity contribution < 1.29 is 49.3 Å². The van der Waals surface area contributed by atoms with Gasteiger partial charge in [-0.15, -0.1) is 0 Å². The summed E-state index contributed by atoms with van der Waals surface area (Å²) in [4.78, 5) is 11.7. The largest absolute Gasteiger partial charge is 0.482 e. The minimum Gasteiger partial charge on any atom is -0.482 e. The maximum absolute atomic E-state index is 12.2. The van der Waals surface area contributed by atoms with Gasteiger partial charge in [-0.2, -0.15) is 0 Å². The van der Waals surface area contributed by atoms with Crippen LogP contribution in [0.15, 0.2) is 12.1 Å². The predicted molar refractivity (Wildman–Crippen MR) is 147 cm³/mol. The van der Waals surface area contributed by atoms with Crippen molar-refractivity contribution in [3.05, 3.63) is 23.3 Å². The van der Waals surface area contributed by atoms with Crippen LogP contribution in [0, 0.1) is 16.7 Å². The molecule has 7 aliphatic rings. The summed E-state index contributed by atoms with van der Waals surface area (Å²) in [6.45, 7) is 8.92. The van der Waals surface area contributed by atoms with Crippen molar-refractivity contribution in [2.75, 3.05) is 13.7 Å². The average Bonchev–Trinajstić information content (AvgIpc) is 3.30. The van der Waals surface area contributed by atoms with Gasteiger partial charge in [0.1, 0.15) is 30.0 Å². The molecule has 3 saturated carbocycles. The summed E-state index contributed by atoms with van der Waals surface area (Å²) in [5, 5.41) is 56.8. The molecule has 11 heteroatoms. The second-order valence-corrected chi connectivity index (χ2v) is 14.7. The van der Waals surface area contributed by atoms with Crippen molar-refractivity contribution >= 4 is 5.97 Å². The Morgan fingerprint density at radius 1 is 1.07 bits per heavy atom. The predicted octanol–water partition coefficient (Wildman–Crippen LogP) is 0.857. The molecule has 232 valence electrons. The SMILES string of the molecule is CO[C@]12CC[C@@]3(C[C@@H]1[C@@](C)(O)C(C)(C)C)[C@H]1Cc4ccc(O[C@@H]5O[C@H](C(=O)O)[C@@H](O)[C@H](O)[C@H]5O)c5c4[C@@]3(CCN1)[C@H]2O5.